The van der Waals surface area contributed by atoms with Crippen LogP contribution in [0.25, 0.3) is 0 Å². The van der Waals surface area contributed by atoms with Gasteiger partial charge in [-0.3, -0.25) is 14.5 Å². The van der Waals surface area contributed by atoms with Crippen molar-refractivity contribution >= 4 is 5.91 Å². The summed E-state index contributed by atoms with van der Waals surface area (Å²) in [6, 6.07) is 7.50. The molecule has 0 aliphatic carbocycles. The van der Waals surface area contributed by atoms with Gasteiger partial charge in [-0.25, -0.2) is 0 Å². The van der Waals surface area contributed by atoms with Crippen LogP contribution in [0.5, 0.6) is 0 Å². The average molecular weight is 256 g/mol. The van der Waals surface area contributed by atoms with Gasteiger partial charge in [0.1, 0.15) is 6.04 Å². The summed E-state index contributed by atoms with van der Waals surface area (Å²) >= 11 is 0. The van der Waals surface area contributed by atoms with Crippen LogP contribution in [-0.2, 0) is 4.79 Å². The molecular weight excluding hydrogens is 240 g/mol. The van der Waals surface area contributed by atoms with Crippen molar-refractivity contribution in [3.63, 3.8) is 0 Å². The fourth-order valence-electron chi connectivity index (χ4n) is 2.35. The van der Waals surface area contributed by atoms with E-state index in [4.69, 9.17) is 0 Å². The number of rotatable bonds is 3. The smallest absolute Gasteiger partial charge is 0.247 e. The first-order valence-corrected chi connectivity index (χ1v) is 6.44. The van der Waals surface area contributed by atoms with E-state index in [1.807, 2.05) is 42.3 Å². The lowest BCUT2D eigenvalue weighted by Gasteiger charge is -2.40. The van der Waals surface area contributed by atoms with Crippen LogP contribution in [0.2, 0.25) is 0 Å². The van der Waals surface area contributed by atoms with Crippen molar-refractivity contribution < 1.29 is 4.79 Å². The minimum Gasteiger partial charge on any atom is -0.339 e. The van der Waals surface area contributed by atoms with Gasteiger partial charge in [0.15, 0.2) is 0 Å². The van der Waals surface area contributed by atoms with E-state index in [0.717, 1.165) is 18.8 Å². The molecule has 0 spiro atoms. The van der Waals surface area contributed by atoms with Crippen LogP contribution in [0.4, 0.5) is 0 Å². The third-order valence-electron chi connectivity index (χ3n) is 3.58. The first-order chi connectivity index (χ1) is 9.25. The largest absolute Gasteiger partial charge is 0.339 e. The SMILES string of the molecule is CC(C(=O)N1CC(c2ccccn2)C1)n1cccn1. The number of carbonyl (C=O) groups excluding carboxylic acids is 1. The zero-order valence-electron chi connectivity index (χ0n) is 10.8. The average Bonchev–Trinajstić information content (AvgIpc) is 2.91. The Balaban J connectivity index is 1.60. The fourth-order valence-corrected chi connectivity index (χ4v) is 2.35. The zero-order chi connectivity index (χ0) is 13.2. The van der Waals surface area contributed by atoms with E-state index in [1.54, 1.807) is 17.1 Å². The summed E-state index contributed by atoms with van der Waals surface area (Å²) in [6.45, 7) is 3.38. The van der Waals surface area contributed by atoms with E-state index >= 15 is 0 Å². The molecule has 1 unspecified atom stereocenters. The Morgan fingerprint density at radius 1 is 1.32 bits per heavy atom. The van der Waals surface area contributed by atoms with Crippen molar-refractivity contribution in [3.05, 3.63) is 48.5 Å². The molecule has 5 nitrogen and oxygen atoms in total. The van der Waals surface area contributed by atoms with Crippen LogP contribution in [0.15, 0.2) is 42.9 Å². The molecule has 3 heterocycles. The van der Waals surface area contributed by atoms with Gasteiger partial charge in [0.05, 0.1) is 0 Å². The van der Waals surface area contributed by atoms with E-state index in [-0.39, 0.29) is 11.9 Å². The minimum atomic E-state index is -0.236. The van der Waals surface area contributed by atoms with Crippen LogP contribution in [-0.4, -0.2) is 38.7 Å². The highest BCUT2D eigenvalue weighted by atomic mass is 16.2. The summed E-state index contributed by atoms with van der Waals surface area (Å²) in [5.41, 5.74) is 1.07. The monoisotopic (exact) mass is 256 g/mol. The molecule has 5 heteroatoms. The Morgan fingerprint density at radius 3 is 2.79 bits per heavy atom. The van der Waals surface area contributed by atoms with Crippen molar-refractivity contribution in [3.8, 4) is 0 Å². The zero-order valence-corrected chi connectivity index (χ0v) is 10.8. The maximum Gasteiger partial charge on any atom is 0.247 e. The Morgan fingerprint density at radius 2 is 2.16 bits per heavy atom. The number of hydrogen-bond donors (Lipinski definition) is 0. The second kappa shape index (κ2) is 4.84. The topological polar surface area (TPSA) is 51.0 Å². The second-order valence-corrected chi connectivity index (χ2v) is 4.86. The predicted molar refractivity (Wildman–Crippen MR) is 70.5 cm³/mol. The highest BCUT2D eigenvalue weighted by molar-refractivity contribution is 5.81. The number of amides is 1. The maximum absolute atomic E-state index is 12.2. The Kier molecular flexibility index (Phi) is 3.03. The van der Waals surface area contributed by atoms with Crippen LogP contribution in [0, 0.1) is 0 Å². The molecule has 1 fully saturated rings. The number of aromatic nitrogens is 3. The molecule has 1 aliphatic heterocycles. The van der Waals surface area contributed by atoms with Crippen molar-refractivity contribution in [2.24, 2.45) is 0 Å². The van der Waals surface area contributed by atoms with Gasteiger partial charge < -0.3 is 4.90 Å². The van der Waals surface area contributed by atoms with Gasteiger partial charge >= 0.3 is 0 Å². The Labute approximate surface area is 111 Å². The van der Waals surface area contributed by atoms with E-state index in [2.05, 4.69) is 10.1 Å². The van der Waals surface area contributed by atoms with Gasteiger partial charge in [0, 0.05) is 43.3 Å². The van der Waals surface area contributed by atoms with Gasteiger partial charge in [-0.05, 0) is 25.1 Å². The molecule has 1 aliphatic rings. The van der Waals surface area contributed by atoms with Crippen molar-refractivity contribution in [1.82, 2.24) is 19.7 Å². The molecule has 1 amide bonds. The highest BCUT2D eigenvalue weighted by Crippen LogP contribution is 2.27. The molecule has 0 saturated carbocycles. The summed E-state index contributed by atoms with van der Waals surface area (Å²) in [7, 11) is 0. The normalized spacial score (nSPS) is 17.0. The number of carbonyl (C=O) groups is 1. The molecule has 0 N–H and O–H groups in total. The lowest BCUT2D eigenvalue weighted by atomic mass is 9.95. The number of pyridine rings is 1. The van der Waals surface area contributed by atoms with E-state index in [0.29, 0.717) is 5.92 Å². The highest BCUT2D eigenvalue weighted by Gasteiger charge is 2.34. The van der Waals surface area contributed by atoms with Gasteiger partial charge in [0.25, 0.3) is 0 Å². The van der Waals surface area contributed by atoms with Gasteiger partial charge in [-0.2, -0.15) is 5.10 Å². The molecule has 1 saturated heterocycles. The molecular formula is C14H16N4O. The third kappa shape index (κ3) is 2.23. The van der Waals surface area contributed by atoms with Gasteiger partial charge in [0.2, 0.25) is 5.91 Å². The molecule has 1 atom stereocenters. The van der Waals surface area contributed by atoms with Crippen LogP contribution >= 0.6 is 0 Å². The molecule has 0 bridgehead atoms. The molecule has 0 aromatic carbocycles. The number of nitrogens with zero attached hydrogens (tertiary/aromatic N) is 4. The van der Waals surface area contributed by atoms with E-state index in [1.165, 1.54) is 0 Å². The number of likely N-dealkylation sites (tertiary alicyclic amines) is 1. The van der Waals surface area contributed by atoms with Crippen molar-refractivity contribution in [2.75, 3.05) is 13.1 Å². The summed E-state index contributed by atoms with van der Waals surface area (Å²) in [5.74, 6) is 0.492. The van der Waals surface area contributed by atoms with Crippen LogP contribution in [0.3, 0.4) is 0 Å². The maximum atomic E-state index is 12.2. The molecule has 19 heavy (non-hydrogen) atoms. The van der Waals surface area contributed by atoms with Crippen LogP contribution in [0.1, 0.15) is 24.6 Å². The molecule has 0 radical (unpaired) electrons. The van der Waals surface area contributed by atoms with E-state index < -0.39 is 0 Å². The van der Waals surface area contributed by atoms with E-state index in [9.17, 15) is 4.79 Å². The third-order valence-corrected chi connectivity index (χ3v) is 3.58. The first kappa shape index (κ1) is 11.9. The minimum absolute atomic E-state index is 0.121. The fraction of sp³-hybridized carbons (Fsp3) is 0.357. The van der Waals surface area contributed by atoms with Crippen molar-refractivity contribution in [2.45, 2.75) is 18.9 Å². The standard InChI is InChI=1S/C14H16N4O/c1-11(18-8-4-7-16-18)14(19)17-9-12(10-17)13-5-2-3-6-15-13/h2-8,11-12H,9-10H2,1H3. The van der Waals surface area contributed by atoms with Gasteiger partial charge in [-0.15, -0.1) is 0 Å². The summed E-state index contributed by atoms with van der Waals surface area (Å²) in [5, 5.41) is 4.11. The lowest BCUT2D eigenvalue weighted by molar-refractivity contribution is -0.139. The van der Waals surface area contributed by atoms with Crippen molar-refractivity contribution in [1.29, 1.82) is 0 Å². The van der Waals surface area contributed by atoms with Gasteiger partial charge in [-0.1, -0.05) is 6.07 Å². The summed E-state index contributed by atoms with van der Waals surface area (Å²) in [4.78, 5) is 18.4. The Hall–Kier alpha value is -2.17. The van der Waals surface area contributed by atoms with Crippen LogP contribution < -0.4 is 0 Å². The predicted octanol–water partition coefficient (Wildman–Crippen LogP) is 1.47. The molecule has 2 aromatic rings. The second-order valence-electron chi connectivity index (χ2n) is 4.86. The Bertz CT molecular complexity index is 546. The lowest BCUT2D eigenvalue weighted by Crippen LogP contribution is -2.50. The molecule has 3 rings (SSSR count). The first-order valence-electron chi connectivity index (χ1n) is 6.44. The summed E-state index contributed by atoms with van der Waals surface area (Å²) < 4.78 is 1.69. The molecule has 2 aromatic heterocycles. The molecule has 98 valence electrons. The summed E-state index contributed by atoms with van der Waals surface area (Å²) in [6.07, 6.45) is 5.31. The quantitative estimate of drug-likeness (QED) is 0.835. The number of hydrogen-bond acceptors (Lipinski definition) is 3.